The predicted octanol–water partition coefficient (Wildman–Crippen LogP) is 2.33. The molecule has 1 saturated heterocycles. The highest BCUT2D eigenvalue weighted by Gasteiger charge is 2.35. The zero-order valence-electron chi connectivity index (χ0n) is 16.1. The number of piperidine rings is 1. The van der Waals surface area contributed by atoms with Crippen LogP contribution >= 0.6 is 0 Å². The van der Waals surface area contributed by atoms with E-state index in [0.29, 0.717) is 24.1 Å². The second-order valence-electron chi connectivity index (χ2n) is 7.65. The lowest BCUT2D eigenvalue weighted by molar-refractivity contribution is 0.0927. The van der Waals surface area contributed by atoms with Crippen LogP contribution in [0.1, 0.15) is 47.8 Å². The van der Waals surface area contributed by atoms with Crippen LogP contribution in [0.25, 0.3) is 5.69 Å². The van der Waals surface area contributed by atoms with Crippen molar-refractivity contribution < 1.29 is 4.79 Å². The fraction of sp³-hybridized carbons (Fsp3) is 0.381. The third kappa shape index (κ3) is 3.70. The molecule has 3 aromatic rings. The number of anilines is 1. The van der Waals surface area contributed by atoms with E-state index in [-0.39, 0.29) is 11.9 Å². The summed E-state index contributed by atoms with van der Waals surface area (Å²) in [7, 11) is 0. The highest BCUT2D eigenvalue weighted by Crippen LogP contribution is 2.42. The third-order valence-electron chi connectivity index (χ3n) is 5.48. The van der Waals surface area contributed by atoms with E-state index in [4.69, 9.17) is 0 Å². The second-order valence-corrected chi connectivity index (χ2v) is 7.65. The van der Waals surface area contributed by atoms with Gasteiger partial charge in [-0.05, 0) is 43.9 Å². The van der Waals surface area contributed by atoms with Gasteiger partial charge in [0.15, 0.2) is 5.69 Å². The van der Waals surface area contributed by atoms with E-state index in [2.05, 4.69) is 30.5 Å². The number of amides is 1. The van der Waals surface area contributed by atoms with Crippen molar-refractivity contribution >= 4 is 11.9 Å². The van der Waals surface area contributed by atoms with Gasteiger partial charge in [0, 0.05) is 37.4 Å². The van der Waals surface area contributed by atoms with Gasteiger partial charge in [0.2, 0.25) is 5.95 Å². The summed E-state index contributed by atoms with van der Waals surface area (Å²) in [6, 6.07) is 11.7. The van der Waals surface area contributed by atoms with Gasteiger partial charge in [-0.1, -0.05) is 23.4 Å². The van der Waals surface area contributed by atoms with Crippen LogP contribution in [0.5, 0.6) is 0 Å². The Labute approximate surface area is 169 Å². The van der Waals surface area contributed by atoms with Crippen molar-refractivity contribution in [1.82, 2.24) is 30.3 Å². The van der Waals surface area contributed by atoms with Gasteiger partial charge in [0.05, 0.1) is 11.4 Å². The van der Waals surface area contributed by atoms with Crippen LogP contribution in [0.3, 0.4) is 0 Å². The predicted molar refractivity (Wildman–Crippen MR) is 108 cm³/mol. The monoisotopic (exact) mass is 389 g/mol. The molecule has 0 spiro atoms. The number of carbonyl (C=O) groups is 1. The summed E-state index contributed by atoms with van der Waals surface area (Å²) in [4.78, 5) is 23.9. The zero-order chi connectivity index (χ0) is 19.6. The number of aromatic nitrogens is 5. The first-order valence-corrected chi connectivity index (χ1v) is 10.1. The molecule has 1 atom stereocenters. The van der Waals surface area contributed by atoms with Crippen LogP contribution in [0.15, 0.2) is 48.8 Å². The average Bonchev–Trinajstić information content (AvgIpc) is 3.52. The maximum atomic E-state index is 13.1. The number of benzene rings is 1. The van der Waals surface area contributed by atoms with E-state index in [1.165, 1.54) is 0 Å². The molecule has 1 unspecified atom stereocenters. The Bertz CT molecular complexity index is 985. The molecule has 1 saturated carbocycles. The molecule has 5 rings (SSSR count). The van der Waals surface area contributed by atoms with Crippen molar-refractivity contribution in [1.29, 1.82) is 0 Å². The first-order chi connectivity index (χ1) is 14.3. The number of nitrogens with zero attached hydrogens (tertiary/aromatic N) is 6. The number of para-hydroxylation sites is 1. The van der Waals surface area contributed by atoms with Gasteiger partial charge in [0.25, 0.3) is 5.91 Å². The maximum Gasteiger partial charge on any atom is 0.274 e. The normalized spacial score (nSPS) is 19.2. The fourth-order valence-corrected chi connectivity index (χ4v) is 3.92. The molecule has 2 fully saturated rings. The van der Waals surface area contributed by atoms with E-state index >= 15 is 0 Å². The topological polar surface area (TPSA) is 88.8 Å². The summed E-state index contributed by atoms with van der Waals surface area (Å²) in [5.41, 5.74) is 2.31. The lowest BCUT2D eigenvalue weighted by atomic mass is 10.1. The number of hydrogen-bond donors (Lipinski definition) is 1. The highest BCUT2D eigenvalue weighted by molar-refractivity contribution is 5.94. The Hall–Kier alpha value is -3.29. The lowest BCUT2D eigenvalue weighted by Crippen LogP contribution is -2.48. The fourth-order valence-electron chi connectivity index (χ4n) is 3.92. The van der Waals surface area contributed by atoms with Crippen molar-refractivity contribution in [2.24, 2.45) is 0 Å². The summed E-state index contributed by atoms with van der Waals surface area (Å²) in [6.45, 7) is 1.59. The molecule has 1 N–H and O–H groups in total. The van der Waals surface area contributed by atoms with E-state index in [1.54, 1.807) is 12.4 Å². The SMILES string of the molecule is O=C(NC1CCCN(c2ncccn2)C1)c1nnn(-c2ccccc2)c1C1CC1. The van der Waals surface area contributed by atoms with Crippen LogP contribution in [0, 0.1) is 0 Å². The van der Waals surface area contributed by atoms with Crippen LogP contribution < -0.4 is 10.2 Å². The van der Waals surface area contributed by atoms with E-state index in [1.807, 2.05) is 41.1 Å². The Morgan fingerprint density at radius 2 is 1.83 bits per heavy atom. The molecule has 1 aliphatic heterocycles. The number of nitrogens with one attached hydrogen (secondary N) is 1. The van der Waals surface area contributed by atoms with Crippen LogP contribution in [0.2, 0.25) is 0 Å². The quantitative estimate of drug-likeness (QED) is 0.720. The molecule has 8 heteroatoms. The number of rotatable bonds is 5. The van der Waals surface area contributed by atoms with E-state index in [0.717, 1.165) is 43.6 Å². The molecule has 0 radical (unpaired) electrons. The van der Waals surface area contributed by atoms with Gasteiger partial charge in [-0.2, -0.15) is 0 Å². The van der Waals surface area contributed by atoms with Gasteiger partial charge < -0.3 is 10.2 Å². The molecule has 1 aromatic carbocycles. The standard InChI is InChI=1S/C21H23N7O/c29-20(24-16-6-4-13-27(14-16)21-22-11-5-12-23-21)18-19(15-9-10-15)28(26-25-18)17-7-2-1-3-8-17/h1-3,5,7-8,11-12,15-16H,4,6,9-10,13-14H2,(H,24,29). The summed E-state index contributed by atoms with van der Waals surface area (Å²) in [6.07, 6.45) is 7.55. The molecule has 148 valence electrons. The summed E-state index contributed by atoms with van der Waals surface area (Å²) in [5.74, 6) is 0.918. The molecule has 1 amide bonds. The summed E-state index contributed by atoms with van der Waals surface area (Å²) < 4.78 is 1.82. The van der Waals surface area contributed by atoms with Crippen molar-refractivity contribution in [3.8, 4) is 5.69 Å². The summed E-state index contributed by atoms with van der Waals surface area (Å²) in [5, 5.41) is 11.7. The molecule has 8 nitrogen and oxygen atoms in total. The minimum Gasteiger partial charge on any atom is -0.346 e. The zero-order valence-corrected chi connectivity index (χ0v) is 16.1. The Morgan fingerprint density at radius 1 is 1.03 bits per heavy atom. The van der Waals surface area contributed by atoms with E-state index in [9.17, 15) is 4.79 Å². The van der Waals surface area contributed by atoms with Gasteiger partial charge >= 0.3 is 0 Å². The summed E-state index contributed by atoms with van der Waals surface area (Å²) >= 11 is 0. The van der Waals surface area contributed by atoms with Crippen molar-refractivity contribution in [3.63, 3.8) is 0 Å². The number of hydrogen-bond acceptors (Lipinski definition) is 6. The van der Waals surface area contributed by atoms with Gasteiger partial charge in [-0.25, -0.2) is 14.6 Å². The van der Waals surface area contributed by atoms with Gasteiger partial charge in [-0.3, -0.25) is 4.79 Å². The first-order valence-electron chi connectivity index (χ1n) is 10.1. The van der Waals surface area contributed by atoms with Crippen LogP contribution in [-0.4, -0.2) is 50.0 Å². The molecule has 3 heterocycles. The van der Waals surface area contributed by atoms with E-state index < -0.39 is 0 Å². The lowest BCUT2D eigenvalue weighted by Gasteiger charge is -2.32. The van der Waals surface area contributed by atoms with Gasteiger partial charge in [-0.15, -0.1) is 5.10 Å². The molecular weight excluding hydrogens is 366 g/mol. The average molecular weight is 389 g/mol. The van der Waals surface area contributed by atoms with Crippen molar-refractivity contribution in [2.45, 2.75) is 37.6 Å². The second kappa shape index (κ2) is 7.62. The van der Waals surface area contributed by atoms with Crippen LogP contribution in [0.4, 0.5) is 5.95 Å². The minimum absolute atomic E-state index is 0.0361. The first kappa shape index (κ1) is 17.8. The van der Waals surface area contributed by atoms with Crippen molar-refractivity contribution in [3.05, 3.63) is 60.2 Å². The van der Waals surface area contributed by atoms with Crippen LogP contribution in [-0.2, 0) is 0 Å². The molecule has 2 aliphatic rings. The molecular formula is C21H23N7O. The molecule has 0 bridgehead atoms. The third-order valence-corrected chi connectivity index (χ3v) is 5.48. The Kier molecular flexibility index (Phi) is 4.67. The largest absolute Gasteiger partial charge is 0.346 e. The Balaban J connectivity index is 1.34. The molecule has 1 aliphatic carbocycles. The Morgan fingerprint density at radius 3 is 2.59 bits per heavy atom. The molecule has 29 heavy (non-hydrogen) atoms. The highest BCUT2D eigenvalue weighted by atomic mass is 16.2. The molecule has 2 aromatic heterocycles. The smallest absolute Gasteiger partial charge is 0.274 e. The van der Waals surface area contributed by atoms with Crippen molar-refractivity contribution in [2.75, 3.05) is 18.0 Å². The minimum atomic E-state index is -0.144. The maximum absolute atomic E-state index is 13.1. The van der Waals surface area contributed by atoms with Gasteiger partial charge in [0.1, 0.15) is 0 Å². The number of carbonyl (C=O) groups excluding carboxylic acids is 1.